The zero-order chi connectivity index (χ0) is 18.0. The fourth-order valence-corrected chi connectivity index (χ4v) is 4.17. The number of nitrogens with zero attached hydrogens (tertiary/aromatic N) is 3. The van der Waals surface area contributed by atoms with E-state index in [-0.39, 0.29) is 5.91 Å². The standard InChI is InChI=1S/C17H18N4O2S2/c1-9-12(4)25-17(19-9)20-15(22)13-6-5-7-18-16(13)24-8-14-10(2)21-23-11(14)3/h5-7H,8H2,1-4H3,(H,19,20,22). The van der Waals surface area contributed by atoms with Crippen molar-refractivity contribution in [3.05, 3.63) is 51.5 Å². The predicted molar refractivity (Wildman–Crippen MR) is 99.3 cm³/mol. The first-order valence-corrected chi connectivity index (χ1v) is 9.51. The molecule has 0 aromatic carbocycles. The summed E-state index contributed by atoms with van der Waals surface area (Å²) in [6.07, 6.45) is 1.68. The number of aryl methyl sites for hydroxylation is 4. The van der Waals surface area contributed by atoms with Crippen LogP contribution < -0.4 is 5.32 Å². The molecule has 0 saturated carbocycles. The van der Waals surface area contributed by atoms with Crippen molar-refractivity contribution in [1.29, 1.82) is 0 Å². The molecule has 0 atom stereocenters. The molecule has 0 spiro atoms. The Hall–Kier alpha value is -2.19. The normalized spacial score (nSPS) is 10.9. The third-order valence-electron chi connectivity index (χ3n) is 3.80. The van der Waals surface area contributed by atoms with Gasteiger partial charge in [-0.3, -0.25) is 10.1 Å². The minimum Gasteiger partial charge on any atom is -0.361 e. The van der Waals surface area contributed by atoms with E-state index in [4.69, 9.17) is 4.52 Å². The quantitative estimate of drug-likeness (QED) is 0.671. The van der Waals surface area contributed by atoms with Gasteiger partial charge in [-0.05, 0) is 39.8 Å². The molecule has 0 bridgehead atoms. The Morgan fingerprint density at radius 3 is 2.72 bits per heavy atom. The topological polar surface area (TPSA) is 80.9 Å². The lowest BCUT2D eigenvalue weighted by molar-refractivity contribution is 0.102. The zero-order valence-electron chi connectivity index (χ0n) is 14.4. The molecule has 3 aromatic heterocycles. The summed E-state index contributed by atoms with van der Waals surface area (Å²) >= 11 is 2.96. The van der Waals surface area contributed by atoms with Crippen molar-refractivity contribution in [1.82, 2.24) is 15.1 Å². The van der Waals surface area contributed by atoms with Crippen molar-refractivity contribution in [2.45, 2.75) is 38.5 Å². The Balaban J connectivity index is 1.77. The number of amides is 1. The number of hydrogen-bond acceptors (Lipinski definition) is 7. The van der Waals surface area contributed by atoms with Crippen LogP contribution in [0, 0.1) is 27.7 Å². The van der Waals surface area contributed by atoms with Crippen LogP contribution in [0.2, 0.25) is 0 Å². The van der Waals surface area contributed by atoms with E-state index in [0.29, 0.717) is 21.5 Å². The Morgan fingerprint density at radius 2 is 2.08 bits per heavy atom. The maximum absolute atomic E-state index is 12.6. The number of thioether (sulfide) groups is 1. The van der Waals surface area contributed by atoms with E-state index in [0.717, 1.165) is 27.6 Å². The van der Waals surface area contributed by atoms with Crippen molar-refractivity contribution in [2.24, 2.45) is 0 Å². The van der Waals surface area contributed by atoms with Gasteiger partial charge in [-0.15, -0.1) is 23.1 Å². The third kappa shape index (κ3) is 3.91. The largest absolute Gasteiger partial charge is 0.361 e. The van der Waals surface area contributed by atoms with Crippen LogP contribution in [0.1, 0.15) is 37.9 Å². The van der Waals surface area contributed by atoms with E-state index >= 15 is 0 Å². The lowest BCUT2D eigenvalue weighted by Crippen LogP contribution is -2.13. The third-order valence-corrected chi connectivity index (χ3v) is 5.82. The summed E-state index contributed by atoms with van der Waals surface area (Å²) in [5.74, 6) is 1.23. The molecule has 0 aliphatic rings. The molecule has 6 nitrogen and oxygen atoms in total. The Labute approximate surface area is 154 Å². The summed E-state index contributed by atoms with van der Waals surface area (Å²) in [4.78, 5) is 22.4. The highest BCUT2D eigenvalue weighted by molar-refractivity contribution is 7.98. The summed E-state index contributed by atoms with van der Waals surface area (Å²) in [5.41, 5.74) is 3.36. The van der Waals surface area contributed by atoms with Gasteiger partial charge in [-0.25, -0.2) is 9.97 Å². The van der Waals surface area contributed by atoms with Crippen LogP contribution >= 0.6 is 23.1 Å². The number of pyridine rings is 1. The smallest absolute Gasteiger partial charge is 0.260 e. The van der Waals surface area contributed by atoms with Gasteiger partial charge in [0.15, 0.2) is 5.13 Å². The van der Waals surface area contributed by atoms with Crippen LogP contribution in [0.3, 0.4) is 0 Å². The van der Waals surface area contributed by atoms with E-state index in [9.17, 15) is 4.79 Å². The van der Waals surface area contributed by atoms with Crippen molar-refractivity contribution in [3.63, 3.8) is 0 Å². The molecule has 0 saturated heterocycles. The van der Waals surface area contributed by atoms with Gasteiger partial charge in [-0.1, -0.05) is 5.16 Å². The number of rotatable bonds is 5. The highest BCUT2D eigenvalue weighted by atomic mass is 32.2. The summed E-state index contributed by atoms with van der Waals surface area (Å²) in [6, 6.07) is 3.53. The Kier molecular flexibility index (Phi) is 5.19. The predicted octanol–water partition coefficient (Wildman–Crippen LogP) is 4.30. The molecule has 8 heteroatoms. The first kappa shape index (κ1) is 17.6. The zero-order valence-corrected chi connectivity index (χ0v) is 16.0. The van der Waals surface area contributed by atoms with Crippen LogP contribution in [-0.4, -0.2) is 21.0 Å². The molecule has 0 radical (unpaired) electrons. The number of thiazole rings is 1. The number of nitrogens with one attached hydrogen (secondary N) is 1. The maximum atomic E-state index is 12.6. The average Bonchev–Trinajstić information content (AvgIpc) is 3.07. The molecule has 1 amide bonds. The second kappa shape index (κ2) is 7.37. The lowest BCUT2D eigenvalue weighted by Gasteiger charge is -2.07. The van der Waals surface area contributed by atoms with Crippen molar-refractivity contribution in [2.75, 3.05) is 5.32 Å². The molecule has 3 aromatic rings. The highest BCUT2D eigenvalue weighted by Gasteiger charge is 2.17. The number of carbonyl (C=O) groups excluding carboxylic acids is 1. The molecular formula is C17H18N4O2S2. The minimum atomic E-state index is -0.205. The molecule has 3 rings (SSSR count). The fraction of sp³-hybridized carbons (Fsp3) is 0.294. The van der Waals surface area contributed by atoms with Crippen LogP contribution in [0.4, 0.5) is 5.13 Å². The average molecular weight is 374 g/mol. The lowest BCUT2D eigenvalue weighted by atomic mass is 10.2. The van der Waals surface area contributed by atoms with Crippen LogP contribution in [0.25, 0.3) is 0 Å². The van der Waals surface area contributed by atoms with E-state index in [1.165, 1.54) is 23.1 Å². The number of carbonyl (C=O) groups is 1. The van der Waals surface area contributed by atoms with Gasteiger partial charge in [0, 0.05) is 22.4 Å². The molecule has 25 heavy (non-hydrogen) atoms. The summed E-state index contributed by atoms with van der Waals surface area (Å²) < 4.78 is 5.18. The number of anilines is 1. The molecule has 1 N–H and O–H groups in total. The van der Waals surface area contributed by atoms with Gasteiger partial charge in [-0.2, -0.15) is 0 Å². The van der Waals surface area contributed by atoms with Crippen LogP contribution in [-0.2, 0) is 5.75 Å². The highest BCUT2D eigenvalue weighted by Crippen LogP contribution is 2.28. The van der Waals surface area contributed by atoms with Gasteiger partial charge < -0.3 is 4.52 Å². The van der Waals surface area contributed by atoms with Gasteiger partial charge in [0.1, 0.15) is 10.8 Å². The van der Waals surface area contributed by atoms with Crippen molar-refractivity contribution < 1.29 is 9.32 Å². The first-order chi connectivity index (χ1) is 12.0. The van der Waals surface area contributed by atoms with Gasteiger partial charge in [0.2, 0.25) is 0 Å². The first-order valence-electron chi connectivity index (χ1n) is 7.70. The summed E-state index contributed by atoms with van der Waals surface area (Å²) in [7, 11) is 0. The Morgan fingerprint density at radius 1 is 1.28 bits per heavy atom. The molecule has 0 aliphatic heterocycles. The van der Waals surface area contributed by atoms with Crippen LogP contribution in [0.5, 0.6) is 0 Å². The number of hydrogen-bond donors (Lipinski definition) is 1. The SMILES string of the molecule is Cc1nc(NC(=O)c2cccnc2SCc2c(C)noc2C)sc1C. The molecule has 130 valence electrons. The minimum absolute atomic E-state index is 0.205. The van der Waals surface area contributed by atoms with Gasteiger partial charge in [0.05, 0.1) is 17.0 Å². The molecule has 0 unspecified atom stereocenters. The van der Waals surface area contributed by atoms with Crippen LogP contribution in [0.15, 0.2) is 27.9 Å². The number of aromatic nitrogens is 3. The van der Waals surface area contributed by atoms with E-state index in [1.807, 2.05) is 27.7 Å². The van der Waals surface area contributed by atoms with Crippen molar-refractivity contribution >= 4 is 34.1 Å². The monoisotopic (exact) mass is 374 g/mol. The van der Waals surface area contributed by atoms with Gasteiger partial charge >= 0.3 is 0 Å². The second-order valence-corrected chi connectivity index (χ2v) is 7.73. The summed E-state index contributed by atoms with van der Waals surface area (Å²) in [6.45, 7) is 7.70. The molecule has 0 fully saturated rings. The molecule has 0 aliphatic carbocycles. The second-order valence-electron chi connectivity index (χ2n) is 5.56. The summed E-state index contributed by atoms with van der Waals surface area (Å²) in [5, 5.41) is 8.09. The Bertz CT molecular complexity index is 878. The van der Waals surface area contributed by atoms with Gasteiger partial charge in [0.25, 0.3) is 5.91 Å². The van der Waals surface area contributed by atoms with E-state index in [1.54, 1.807) is 18.3 Å². The molecule has 3 heterocycles. The van der Waals surface area contributed by atoms with Crippen molar-refractivity contribution in [3.8, 4) is 0 Å². The van der Waals surface area contributed by atoms with E-state index in [2.05, 4.69) is 20.4 Å². The maximum Gasteiger partial charge on any atom is 0.260 e. The molecular weight excluding hydrogens is 356 g/mol. The fourth-order valence-electron chi connectivity index (χ4n) is 2.22. The van der Waals surface area contributed by atoms with E-state index < -0.39 is 0 Å².